The Bertz CT molecular complexity index is 849. The number of benzene rings is 1. The Morgan fingerprint density at radius 1 is 1.19 bits per heavy atom. The molecule has 0 radical (unpaired) electrons. The van der Waals surface area contributed by atoms with Crippen molar-refractivity contribution in [1.82, 2.24) is 13.7 Å². The standard InChI is InChI=1S/C12H7Cl2N5S2/c13-6-4-7(14)10-11(19-21-18-10)9(6)17-8-3-5(12(15)20)1-2-16-8/h1-4H,(H2,15,20)(H,16,17). The Labute approximate surface area is 139 Å². The third-order valence-electron chi connectivity index (χ3n) is 2.74. The van der Waals surface area contributed by atoms with E-state index in [1.165, 1.54) is 0 Å². The van der Waals surface area contributed by atoms with Gasteiger partial charge in [0.05, 0.1) is 27.5 Å². The fourth-order valence-electron chi connectivity index (χ4n) is 1.77. The van der Waals surface area contributed by atoms with Crippen LogP contribution in [0.5, 0.6) is 0 Å². The Morgan fingerprint density at radius 3 is 2.71 bits per heavy atom. The second-order valence-electron chi connectivity index (χ2n) is 4.10. The number of halogens is 2. The van der Waals surface area contributed by atoms with Gasteiger partial charge in [0.2, 0.25) is 0 Å². The molecule has 2 aromatic heterocycles. The lowest BCUT2D eigenvalue weighted by atomic mass is 10.2. The molecule has 3 N–H and O–H groups in total. The lowest BCUT2D eigenvalue weighted by Gasteiger charge is -2.09. The van der Waals surface area contributed by atoms with Crippen molar-refractivity contribution in [3.63, 3.8) is 0 Å². The van der Waals surface area contributed by atoms with Crippen LogP contribution in [0.4, 0.5) is 11.5 Å². The number of aromatic nitrogens is 3. The first-order valence-electron chi connectivity index (χ1n) is 5.69. The summed E-state index contributed by atoms with van der Waals surface area (Å²) in [6.07, 6.45) is 1.61. The van der Waals surface area contributed by atoms with Crippen LogP contribution in [0.2, 0.25) is 10.0 Å². The smallest absolute Gasteiger partial charge is 0.131 e. The van der Waals surface area contributed by atoms with Crippen LogP contribution in [0.25, 0.3) is 11.0 Å². The van der Waals surface area contributed by atoms with E-state index in [0.29, 0.717) is 43.1 Å². The van der Waals surface area contributed by atoms with Gasteiger partial charge < -0.3 is 11.1 Å². The van der Waals surface area contributed by atoms with Gasteiger partial charge in [-0.05, 0) is 18.2 Å². The minimum Gasteiger partial charge on any atom is -0.389 e. The summed E-state index contributed by atoms with van der Waals surface area (Å²) < 4.78 is 8.36. The Morgan fingerprint density at radius 2 is 1.95 bits per heavy atom. The van der Waals surface area contributed by atoms with Gasteiger partial charge in [0.1, 0.15) is 21.8 Å². The van der Waals surface area contributed by atoms with Crippen molar-refractivity contribution in [3.8, 4) is 0 Å². The van der Waals surface area contributed by atoms with Crippen molar-refractivity contribution < 1.29 is 0 Å². The summed E-state index contributed by atoms with van der Waals surface area (Å²) in [5, 5.41) is 4.00. The topological polar surface area (TPSA) is 76.7 Å². The zero-order valence-corrected chi connectivity index (χ0v) is 13.4. The number of anilines is 2. The van der Waals surface area contributed by atoms with Crippen molar-refractivity contribution in [2.24, 2.45) is 5.73 Å². The van der Waals surface area contributed by atoms with E-state index < -0.39 is 0 Å². The molecular formula is C12H7Cl2N5S2. The fraction of sp³-hybridized carbons (Fsp3) is 0. The number of nitrogens with one attached hydrogen (secondary N) is 1. The maximum Gasteiger partial charge on any atom is 0.131 e. The van der Waals surface area contributed by atoms with Crippen LogP contribution in [0.3, 0.4) is 0 Å². The number of pyridine rings is 1. The molecule has 1 aromatic carbocycles. The quantitative estimate of drug-likeness (QED) is 0.696. The largest absolute Gasteiger partial charge is 0.389 e. The minimum absolute atomic E-state index is 0.295. The molecule has 0 aliphatic carbocycles. The molecule has 0 atom stereocenters. The molecule has 0 saturated heterocycles. The van der Waals surface area contributed by atoms with Crippen LogP contribution in [-0.2, 0) is 0 Å². The highest BCUT2D eigenvalue weighted by Gasteiger charge is 2.14. The van der Waals surface area contributed by atoms with E-state index >= 15 is 0 Å². The summed E-state index contributed by atoms with van der Waals surface area (Å²) in [7, 11) is 0. The Balaban J connectivity index is 2.08. The van der Waals surface area contributed by atoms with E-state index in [2.05, 4.69) is 19.0 Å². The summed E-state index contributed by atoms with van der Waals surface area (Å²) in [4.78, 5) is 4.50. The molecule has 0 unspecified atom stereocenters. The van der Waals surface area contributed by atoms with Crippen LogP contribution in [0.1, 0.15) is 5.56 Å². The molecule has 0 aliphatic heterocycles. The molecule has 3 rings (SSSR count). The van der Waals surface area contributed by atoms with Gasteiger partial charge >= 0.3 is 0 Å². The molecule has 0 bridgehead atoms. The van der Waals surface area contributed by atoms with Gasteiger partial charge in [0.25, 0.3) is 0 Å². The number of nitrogens with two attached hydrogens (primary N) is 1. The van der Waals surface area contributed by atoms with E-state index in [9.17, 15) is 0 Å². The second-order valence-corrected chi connectivity index (χ2v) is 5.88. The number of hydrogen-bond acceptors (Lipinski definition) is 6. The molecule has 21 heavy (non-hydrogen) atoms. The van der Waals surface area contributed by atoms with E-state index in [1.54, 1.807) is 24.4 Å². The van der Waals surface area contributed by atoms with Crippen molar-refractivity contribution >= 4 is 74.7 Å². The van der Waals surface area contributed by atoms with Crippen molar-refractivity contribution in [1.29, 1.82) is 0 Å². The van der Waals surface area contributed by atoms with Crippen LogP contribution in [0, 0.1) is 0 Å². The average Bonchev–Trinajstić information content (AvgIpc) is 2.93. The molecule has 0 saturated carbocycles. The van der Waals surface area contributed by atoms with Crippen LogP contribution in [0.15, 0.2) is 24.4 Å². The maximum atomic E-state index is 6.23. The van der Waals surface area contributed by atoms with Gasteiger partial charge in [-0.15, -0.1) is 0 Å². The molecule has 0 amide bonds. The molecule has 5 nitrogen and oxygen atoms in total. The third-order valence-corrected chi connectivity index (χ3v) is 4.09. The second kappa shape index (κ2) is 5.69. The van der Waals surface area contributed by atoms with Gasteiger partial charge in [0, 0.05) is 11.8 Å². The number of rotatable bonds is 3. The first-order valence-corrected chi connectivity index (χ1v) is 7.59. The molecule has 9 heteroatoms. The first kappa shape index (κ1) is 14.4. The fourth-order valence-corrected chi connectivity index (χ4v) is 3.06. The van der Waals surface area contributed by atoms with E-state index in [4.69, 9.17) is 41.2 Å². The van der Waals surface area contributed by atoms with E-state index in [1.807, 2.05) is 0 Å². The first-order chi connectivity index (χ1) is 10.1. The van der Waals surface area contributed by atoms with Gasteiger partial charge in [0.15, 0.2) is 0 Å². The van der Waals surface area contributed by atoms with Crippen LogP contribution >= 0.6 is 47.1 Å². The number of hydrogen-bond donors (Lipinski definition) is 2. The normalized spacial score (nSPS) is 10.8. The summed E-state index contributed by atoms with van der Waals surface area (Å²) in [6, 6.07) is 5.09. The van der Waals surface area contributed by atoms with Gasteiger partial charge in [-0.25, -0.2) is 4.98 Å². The van der Waals surface area contributed by atoms with E-state index in [-0.39, 0.29) is 0 Å². The van der Waals surface area contributed by atoms with Crippen LogP contribution in [-0.4, -0.2) is 18.7 Å². The highest BCUT2D eigenvalue weighted by molar-refractivity contribution is 7.80. The number of nitrogens with zero attached hydrogens (tertiary/aromatic N) is 3. The number of fused-ring (bicyclic) bond motifs is 1. The molecule has 0 fully saturated rings. The molecule has 0 spiro atoms. The Kier molecular flexibility index (Phi) is 3.90. The average molecular weight is 356 g/mol. The summed E-state index contributed by atoms with van der Waals surface area (Å²) >= 11 is 18.3. The summed E-state index contributed by atoms with van der Waals surface area (Å²) in [6.45, 7) is 0. The maximum absolute atomic E-state index is 6.23. The predicted octanol–water partition coefficient (Wildman–Crippen LogP) is 3.77. The molecular weight excluding hydrogens is 349 g/mol. The van der Waals surface area contributed by atoms with Crippen molar-refractivity contribution in [3.05, 3.63) is 40.0 Å². The zero-order valence-electron chi connectivity index (χ0n) is 10.3. The number of thiocarbonyl (C=S) groups is 1. The Hall–Kier alpha value is -1.54. The third kappa shape index (κ3) is 2.77. The van der Waals surface area contributed by atoms with Crippen LogP contribution < -0.4 is 11.1 Å². The molecule has 2 heterocycles. The predicted molar refractivity (Wildman–Crippen MR) is 90.8 cm³/mol. The molecule has 3 aromatic rings. The summed E-state index contributed by atoms with van der Waals surface area (Å²) in [5.41, 5.74) is 8.11. The van der Waals surface area contributed by atoms with Crippen molar-refractivity contribution in [2.75, 3.05) is 5.32 Å². The SMILES string of the molecule is NC(=S)c1ccnc(Nc2c(Cl)cc(Cl)c3nsnc23)c1. The summed E-state index contributed by atoms with van der Waals surface area (Å²) in [5.74, 6) is 0.554. The van der Waals surface area contributed by atoms with Gasteiger partial charge in [-0.1, -0.05) is 35.4 Å². The van der Waals surface area contributed by atoms with Crippen molar-refractivity contribution in [2.45, 2.75) is 0 Å². The highest BCUT2D eigenvalue weighted by atomic mass is 35.5. The van der Waals surface area contributed by atoms with Gasteiger partial charge in [-0.3, -0.25) is 0 Å². The monoisotopic (exact) mass is 355 g/mol. The molecule has 106 valence electrons. The molecule has 0 aliphatic rings. The zero-order chi connectivity index (χ0) is 15.0. The van der Waals surface area contributed by atoms with E-state index in [0.717, 1.165) is 11.7 Å². The van der Waals surface area contributed by atoms with Gasteiger partial charge in [-0.2, -0.15) is 8.75 Å². The highest BCUT2D eigenvalue weighted by Crippen LogP contribution is 2.36. The lowest BCUT2D eigenvalue weighted by molar-refractivity contribution is 1.30. The lowest BCUT2D eigenvalue weighted by Crippen LogP contribution is -2.10. The minimum atomic E-state index is 0.295.